The smallest absolute Gasteiger partial charge is 0.164 e. The van der Waals surface area contributed by atoms with Crippen LogP contribution in [0.25, 0.3) is 105 Å². The van der Waals surface area contributed by atoms with Crippen molar-refractivity contribution in [1.29, 1.82) is 0 Å². The van der Waals surface area contributed by atoms with Crippen molar-refractivity contribution in [2.45, 2.75) is 0 Å². The van der Waals surface area contributed by atoms with Crippen molar-refractivity contribution in [2.75, 3.05) is 0 Å². The SMILES string of the molecule is c1ccc(-c2nc(-c3ccccc3)nc(-c3ccc(-n4c5ccccc5c5cc6ccccc6cc54)c4c3-c3cccc5cccc-4c35)n2)cc1. The molecule has 51 heavy (non-hydrogen) atoms. The first-order chi connectivity index (χ1) is 25.3. The van der Waals surface area contributed by atoms with Gasteiger partial charge in [-0.2, -0.15) is 0 Å². The molecule has 0 N–H and O–H groups in total. The van der Waals surface area contributed by atoms with E-state index in [2.05, 4.69) is 138 Å². The minimum Gasteiger partial charge on any atom is -0.309 e. The predicted molar refractivity (Wildman–Crippen MR) is 210 cm³/mol. The van der Waals surface area contributed by atoms with Crippen molar-refractivity contribution in [3.05, 3.63) is 170 Å². The Hall–Kier alpha value is -6.91. The number of para-hydroxylation sites is 1. The summed E-state index contributed by atoms with van der Waals surface area (Å²) in [6.45, 7) is 0. The molecule has 0 unspecified atom stereocenters. The third-order valence-electron chi connectivity index (χ3n) is 10.3. The van der Waals surface area contributed by atoms with E-state index >= 15 is 0 Å². The van der Waals surface area contributed by atoms with Crippen LogP contribution in [0.2, 0.25) is 0 Å². The molecule has 1 aliphatic rings. The monoisotopic (exact) mass is 648 g/mol. The lowest BCUT2D eigenvalue weighted by Gasteiger charge is -2.18. The van der Waals surface area contributed by atoms with Crippen LogP contribution in [-0.2, 0) is 0 Å². The van der Waals surface area contributed by atoms with Gasteiger partial charge in [0.05, 0.1) is 16.7 Å². The number of fused-ring (bicyclic) bond motifs is 7. The third-order valence-corrected chi connectivity index (χ3v) is 10.3. The number of hydrogen-bond acceptors (Lipinski definition) is 3. The molecular weight excluding hydrogens is 621 g/mol. The first-order valence-corrected chi connectivity index (χ1v) is 17.3. The molecule has 4 heteroatoms. The highest BCUT2D eigenvalue weighted by Crippen LogP contribution is 2.54. The second kappa shape index (κ2) is 10.8. The lowest BCUT2D eigenvalue weighted by molar-refractivity contribution is 1.07. The molecule has 0 atom stereocenters. The lowest BCUT2D eigenvalue weighted by atomic mass is 9.95. The number of rotatable bonds is 4. The van der Waals surface area contributed by atoms with Crippen molar-refractivity contribution < 1.29 is 0 Å². The summed E-state index contributed by atoms with van der Waals surface area (Å²) < 4.78 is 2.46. The Bertz CT molecular complexity index is 2950. The van der Waals surface area contributed by atoms with E-state index in [-0.39, 0.29) is 0 Å². The molecule has 0 bridgehead atoms. The molecular formula is C47H28N4. The van der Waals surface area contributed by atoms with E-state index in [1.54, 1.807) is 0 Å². The topological polar surface area (TPSA) is 43.6 Å². The van der Waals surface area contributed by atoms with Crippen LogP contribution in [0.3, 0.4) is 0 Å². The van der Waals surface area contributed by atoms with Crippen LogP contribution in [0, 0.1) is 0 Å². The Balaban J connectivity index is 1.26. The fraction of sp³-hybridized carbons (Fsp3) is 0. The van der Waals surface area contributed by atoms with Gasteiger partial charge in [-0.1, -0.05) is 140 Å². The number of aromatic nitrogens is 4. The molecule has 0 saturated carbocycles. The molecule has 0 aliphatic heterocycles. The van der Waals surface area contributed by atoms with E-state index in [9.17, 15) is 0 Å². The van der Waals surface area contributed by atoms with Crippen LogP contribution >= 0.6 is 0 Å². The van der Waals surface area contributed by atoms with E-state index in [1.807, 2.05) is 36.4 Å². The van der Waals surface area contributed by atoms with Gasteiger partial charge in [-0.25, -0.2) is 15.0 Å². The van der Waals surface area contributed by atoms with E-state index in [1.165, 1.54) is 60.0 Å². The van der Waals surface area contributed by atoms with Gasteiger partial charge in [0.15, 0.2) is 17.5 Å². The van der Waals surface area contributed by atoms with Gasteiger partial charge in [0, 0.05) is 38.6 Å². The van der Waals surface area contributed by atoms with Crippen LogP contribution in [0.4, 0.5) is 0 Å². The zero-order valence-corrected chi connectivity index (χ0v) is 27.5. The quantitative estimate of drug-likeness (QED) is 0.191. The fourth-order valence-electron chi connectivity index (χ4n) is 8.12. The standard InChI is InChI=1S/C47H28N4/c1-3-13-30(14-4-1)45-48-46(31-15-5-2-6-16-31)50-47(49-45)37-25-26-40(44-36-23-12-20-29-19-11-22-35(42(29)36)43(37)44)51-39-24-10-9-21-34(39)38-27-32-17-7-8-18-33(32)28-41(38)51/h1-28H. The summed E-state index contributed by atoms with van der Waals surface area (Å²) in [6.07, 6.45) is 0. The predicted octanol–water partition coefficient (Wildman–Crippen LogP) is 11.9. The Kier molecular flexibility index (Phi) is 5.92. The highest BCUT2D eigenvalue weighted by Gasteiger charge is 2.30. The zero-order valence-electron chi connectivity index (χ0n) is 27.5. The van der Waals surface area contributed by atoms with Crippen LogP contribution in [0.15, 0.2) is 170 Å². The summed E-state index contributed by atoms with van der Waals surface area (Å²) in [5.74, 6) is 1.96. The second-order valence-corrected chi connectivity index (χ2v) is 13.2. The maximum Gasteiger partial charge on any atom is 0.164 e. The second-order valence-electron chi connectivity index (χ2n) is 13.2. The van der Waals surface area contributed by atoms with Gasteiger partial charge in [-0.15, -0.1) is 0 Å². The summed E-state index contributed by atoms with van der Waals surface area (Å²) in [7, 11) is 0. The van der Waals surface area contributed by atoms with E-state index in [0.717, 1.165) is 27.9 Å². The Morgan fingerprint density at radius 3 is 1.63 bits per heavy atom. The fourth-order valence-corrected chi connectivity index (χ4v) is 8.12. The van der Waals surface area contributed by atoms with Gasteiger partial charge < -0.3 is 4.57 Å². The summed E-state index contributed by atoms with van der Waals surface area (Å²) >= 11 is 0. The molecule has 2 heterocycles. The van der Waals surface area contributed by atoms with Crippen LogP contribution in [0.5, 0.6) is 0 Å². The first kappa shape index (κ1) is 28.0. The molecule has 2 aromatic heterocycles. The minimum atomic E-state index is 0.653. The molecule has 10 aromatic rings. The van der Waals surface area contributed by atoms with Gasteiger partial charge in [-0.3, -0.25) is 0 Å². The van der Waals surface area contributed by atoms with E-state index < -0.39 is 0 Å². The molecule has 0 spiro atoms. The van der Waals surface area contributed by atoms with Gasteiger partial charge in [0.2, 0.25) is 0 Å². The van der Waals surface area contributed by atoms with Crippen molar-refractivity contribution in [1.82, 2.24) is 19.5 Å². The molecule has 1 aliphatic carbocycles. The van der Waals surface area contributed by atoms with Crippen LogP contribution in [-0.4, -0.2) is 19.5 Å². The first-order valence-electron chi connectivity index (χ1n) is 17.3. The number of nitrogens with zero attached hydrogens (tertiary/aromatic N) is 4. The molecule has 4 nitrogen and oxygen atoms in total. The lowest BCUT2D eigenvalue weighted by Crippen LogP contribution is -2.03. The van der Waals surface area contributed by atoms with Gasteiger partial charge >= 0.3 is 0 Å². The highest BCUT2D eigenvalue weighted by molar-refractivity contribution is 6.21. The van der Waals surface area contributed by atoms with Gasteiger partial charge in [-0.05, 0) is 63.0 Å². The normalized spacial score (nSPS) is 11.9. The number of benzene rings is 8. The molecule has 236 valence electrons. The summed E-state index contributed by atoms with van der Waals surface area (Å²) in [5, 5.41) is 7.42. The van der Waals surface area contributed by atoms with Gasteiger partial charge in [0.25, 0.3) is 0 Å². The zero-order chi connectivity index (χ0) is 33.5. The molecule has 0 fully saturated rings. The summed E-state index contributed by atoms with van der Waals surface area (Å²) in [4.78, 5) is 15.4. The van der Waals surface area contributed by atoms with Gasteiger partial charge in [0.1, 0.15) is 0 Å². The summed E-state index contributed by atoms with van der Waals surface area (Å²) in [6, 6.07) is 60.3. The largest absolute Gasteiger partial charge is 0.309 e. The maximum absolute atomic E-state index is 5.20. The maximum atomic E-state index is 5.20. The average Bonchev–Trinajstić information content (AvgIpc) is 3.71. The van der Waals surface area contributed by atoms with E-state index in [4.69, 9.17) is 15.0 Å². The van der Waals surface area contributed by atoms with Crippen molar-refractivity contribution in [2.24, 2.45) is 0 Å². The van der Waals surface area contributed by atoms with Crippen molar-refractivity contribution in [3.63, 3.8) is 0 Å². The molecule has 0 saturated heterocycles. The van der Waals surface area contributed by atoms with Crippen LogP contribution < -0.4 is 0 Å². The number of hydrogen-bond donors (Lipinski definition) is 0. The van der Waals surface area contributed by atoms with Crippen LogP contribution in [0.1, 0.15) is 0 Å². The highest BCUT2D eigenvalue weighted by atomic mass is 15.0. The Morgan fingerprint density at radius 1 is 0.353 bits per heavy atom. The van der Waals surface area contributed by atoms with Crippen molar-refractivity contribution >= 4 is 43.4 Å². The molecule has 8 aromatic carbocycles. The summed E-state index contributed by atoms with van der Waals surface area (Å²) in [5.41, 5.74) is 11.2. The third kappa shape index (κ3) is 4.17. The van der Waals surface area contributed by atoms with Crippen molar-refractivity contribution in [3.8, 4) is 62.1 Å². The molecule has 11 rings (SSSR count). The molecule has 0 amide bonds. The average molecular weight is 649 g/mol. The minimum absolute atomic E-state index is 0.653. The Labute approximate surface area is 294 Å². The van der Waals surface area contributed by atoms with E-state index in [0.29, 0.717) is 17.5 Å². The molecule has 0 radical (unpaired) electrons. The Morgan fingerprint density at radius 2 is 0.922 bits per heavy atom.